The molecular formula is C16H18FN3O3S. The smallest absolute Gasteiger partial charge is 0.277 e. The third kappa shape index (κ3) is 5.09. The van der Waals surface area contributed by atoms with Crippen LogP contribution >= 0.6 is 11.8 Å². The van der Waals surface area contributed by atoms with Crippen molar-refractivity contribution in [1.29, 1.82) is 0 Å². The van der Waals surface area contributed by atoms with Crippen LogP contribution in [0.15, 0.2) is 46.6 Å². The molecule has 0 aliphatic rings. The first-order chi connectivity index (χ1) is 11.5. The molecule has 2 atom stereocenters. The molecular weight excluding hydrogens is 333 g/mol. The molecule has 0 aliphatic carbocycles. The van der Waals surface area contributed by atoms with Gasteiger partial charge in [-0.2, -0.15) is 0 Å². The Morgan fingerprint density at radius 3 is 2.79 bits per heavy atom. The molecule has 0 saturated carbocycles. The minimum absolute atomic E-state index is 0.143. The van der Waals surface area contributed by atoms with Crippen molar-refractivity contribution in [3.8, 4) is 5.75 Å². The van der Waals surface area contributed by atoms with E-state index in [2.05, 4.69) is 22.1 Å². The van der Waals surface area contributed by atoms with Crippen LogP contribution in [0.25, 0.3) is 0 Å². The van der Waals surface area contributed by atoms with E-state index in [1.165, 1.54) is 24.3 Å². The Morgan fingerprint density at radius 1 is 1.42 bits per heavy atom. The van der Waals surface area contributed by atoms with Gasteiger partial charge in [0.25, 0.3) is 11.1 Å². The van der Waals surface area contributed by atoms with Crippen LogP contribution in [0.4, 0.5) is 4.39 Å². The van der Waals surface area contributed by atoms with Gasteiger partial charge < -0.3 is 14.5 Å². The van der Waals surface area contributed by atoms with Crippen molar-refractivity contribution in [2.45, 2.75) is 30.4 Å². The summed E-state index contributed by atoms with van der Waals surface area (Å²) in [6.07, 6.45) is 1.11. The van der Waals surface area contributed by atoms with Crippen molar-refractivity contribution in [1.82, 2.24) is 15.5 Å². The number of hydrogen-bond donors (Lipinski definition) is 1. The van der Waals surface area contributed by atoms with Gasteiger partial charge in [0, 0.05) is 6.54 Å². The first-order valence-electron chi connectivity index (χ1n) is 7.30. The summed E-state index contributed by atoms with van der Waals surface area (Å²) >= 11 is 1.16. The van der Waals surface area contributed by atoms with E-state index in [0.29, 0.717) is 12.3 Å². The quantitative estimate of drug-likeness (QED) is 0.582. The lowest BCUT2D eigenvalue weighted by molar-refractivity contribution is -0.120. The van der Waals surface area contributed by atoms with Crippen LogP contribution in [0.5, 0.6) is 5.75 Å². The Labute approximate surface area is 143 Å². The van der Waals surface area contributed by atoms with E-state index < -0.39 is 6.10 Å². The minimum atomic E-state index is -0.498. The molecule has 0 spiro atoms. The highest BCUT2D eigenvalue weighted by Crippen LogP contribution is 2.26. The van der Waals surface area contributed by atoms with Crippen molar-refractivity contribution in [3.05, 3.63) is 48.6 Å². The summed E-state index contributed by atoms with van der Waals surface area (Å²) in [5.41, 5.74) is 0. The maximum Gasteiger partial charge on any atom is 0.277 e. The number of aromatic nitrogens is 2. The molecule has 1 amide bonds. The average molecular weight is 351 g/mol. The maximum absolute atomic E-state index is 12.9. The van der Waals surface area contributed by atoms with Gasteiger partial charge in [0.1, 0.15) is 11.6 Å². The fourth-order valence-electron chi connectivity index (χ4n) is 1.72. The van der Waals surface area contributed by atoms with Crippen molar-refractivity contribution >= 4 is 17.7 Å². The largest absolute Gasteiger partial charge is 0.481 e. The molecule has 2 rings (SSSR count). The molecule has 1 heterocycles. The van der Waals surface area contributed by atoms with Crippen LogP contribution in [-0.4, -0.2) is 27.9 Å². The summed E-state index contributed by atoms with van der Waals surface area (Å²) in [5, 5.41) is 10.4. The SMILES string of the molecule is C=CCNC(=O)[C@@H](C)Sc1nnc([C@@H](C)Oc2ccc(F)cc2)o1. The van der Waals surface area contributed by atoms with Gasteiger partial charge in [-0.15, -0.1) is 16.8 Å². The summed E-state index contributed by atoms with van der Waals surface area (Å²) in [7, 11) is 0. The zero-order valence-corrected chi connectivity index (χ0v) is 14.2. The topological polar surface area (TPSA) is 77.2 Å². The summed E-state index contributed by atoms with van der Waals surface area (Å²) in [6, 6.07) is 5.65. The van der Waals surface area contributed by atoms with E-state index >= 15 is 0 Å². The normalized spacial score (nSPS) is 13.1. The van der Waals surface area contributed by atoms with Crippen molar-refractivity contribution < 1.29 is 18.3 Å². The fourth-order valence-corrected chi connectivity index (χ4v) is 2.44. The van der Waals surface area contributed by atoms with Gasteiger partial charge in [-0.1, -0.05) is 17.8 Å². The second-order valence-electron chi connectivity index (χ2n) is 4.91. The molecule has 1 aromatic heterocycles. The molecule has 0 aliphatic heterocycles. The zero-order valence-electron chi connectivity index (χ0n) is 13.4. The minimum Gasteiger partial charge on any atom is -0.481 e. The molecule has 1 N–H and O–H groups in total. The van der Waals surface area contributed by atoms with Crippen LogP contribution in [0.2, 0.25) is 0 Å². The highest BCUT2D eigenvalue weighted by atomic mass is 32.2. The van der Waals surface area contributed by atoms with Gasteiger partial charge in [0.05, 0.1) is 5.25 Å². The standard InChI is InChI=1S/C16H18FN3O3S/c1-4-9-18-14(21)11(3)24-16-20-19-15(23-16)10(2)22-13-7-5-12(17)6-8-13/h4-8,10-11H,1,9H2,2-3H3,(H,18,21)/t10-,11-/m1/s1. The zero-order chi connectivity index (χ0) is 17.5. The Hall–Kier alpha value is -2.35. The number of carbonyl (C=O) groups excluding carboxylic acids is 1. The molecule has 0 fully saturated rings. The maximum atomic E-state index is 12.9. The molecule has 8 heteroatoms. The number of nitrogens with one attached hydrogen (secondary N) is 1. The lowest BCUT2D eigenvalue weighted by Crippen LogP contribution is -2.30. The third-order valence-corrected chi connectivity index (χ3v) is 3.90. The molecule has 0 unspecified atom stereocenters. The van der Waals surface area contributed by atoms with Gasteiger partial charge in [-0.05, 0) is 38.1 Å². The number of nitrogens with zero attached hydrogens (tertiary/aromatic N) is 2. The molecule has 1 aromatic carbocycles. The first-order valence-corrected chi connectivity index (χ1v) is 8.18. The number of carbonyl (C=O) groups is 1. The summed E-state index contributed by atoms with van der Waals surface area (Å²) in [5.74, 6) is 0.291. The van der Waals surface area contributed by atoms with Crippen molar-refractivity contribution in [2.24, 2.45) is 0 Å². The van der Waals surface area contributed by atoms with E-state index in [-0.39, 0.29) is 28.1 Å². The number of thioether (sulfide) groups is 1. The van der Waals surface area contributed by atoms with Gasteiger partial charge in [0.15, 0.2) is 6.10 Å². The van der Waals surface area contributed by atoms with Crippen molar-refractivity contribution in [2.75, 3.05) is 6.54 Å². The highest BCUT2D eigenvalue weighted by Gasteiger charge is 2.20. The highest BCUT2D eigenvalue weighted by molar-refractivity contribution is 8.00. The van der Waals surface area contributed by atoms with E-state index in [4.69, 9.17) is 9.15 Å². The van der Waals surface area contributed by atoms with Crippen LogP contribution in [-0.2, 0) is 4.79 Å². The molecule has 128 valence electrons. The third-order valence-electron chi connectivity index (χ3n) is 2.96. The van der Waals surface area contributed by atoms with Crippen molar-refractivity contribution in [3.63, 3.8) is 0 Å². The second kappa shape index (κ2) is 8.49. The number of amides is 1. The number of hydrogen-bond acceptors (Lipinski definition) is 6. The lowest BCUT2D eigenvalue weighted by atomic mass is 10.3. The lowest BCUT2D eigenvalue weighted by Gasteiger charge is -2.10. The molecule has 6 nitrogen and oxygen atoms in total. The summed E-state index contributed by atoms with van der Waals surface area (Å²) in [6.45, 7) is 7.43. The second-order valence-corrected chi connectivity index (χ2v) is 6.21. The van der Waals surface area contributed by atoms with E-state index in [1.54, 1.807) is 19.9 Å². The number of ether oxygens (including phenoxy) is 1. The Balaban J connectivity index is 1.93. The number of benzene rings is 1. The Bertz CT molecular complexity index is 690. The monoisotopic (exact) mass is 351 g/mol. The molecule has 0 bridgehead atoms. The Kier molecular flexibility index (Phi) is 6.36. The Morgan fingerprint density at radius 2 is 2.12 bits per heavy atom. The van der Waals surface area contributed by atoms with Crippen LogP contribution in [0, 0.1) is 5.82 Å². The predicted octanol–water partition coefficient (Wildman–Crippen LogP) is 3.13. The summed E-state index contributed by atoms with van der Waals surface area (Å²) in [4.78, 5) is 11.8. The number of halogens is 1. The van der Waals surface area contributed by atoms with Gasteiger partial charge >= 0.3 is 0 Å². The van der Waals surface area contributed by atoms with E-state index in [0.717, 1.165) is 11.8 Å². The summed E-state index contributed by atoms with van der Waals surface area (Å²) < 4.78 is 24.0. The van der Waals surface area contributed by atoms with E-state index in [1.807, 2.05) is 0 Å². The van der Waals surface area contributed by atoms with Crippen LogP contribution in [0.3, 0.4) is 0 Å². The van der Waals surface area contributed by atoms with E-state index in [9.17, 15) is 9.18 Å². The van der Waals surface area contributed by atoms with Crippen LogP contribution in [0.1, 0.15) is 25.8 Å². The fraction of sp³-hybridized carbons (Fsp3) is 0.312. The first kappa shape index (κ1) is 18.0. The van der Waals surface area contributed by atoms with Crippen LogP contribution < -0.4 is 10.1 Å². The van der Waals surface area contributed by atoms with Gasteiger partial charge in [-0.3, -0.25) is 4.79 Å². The van der Waals surface area contributed by atoms with Gasteiger partial charge in [-0.25, -0.2) is 4.39 Å². The number of rotatable bonds is 8. The molecule has 0 radical (unpaired) electrons. The molecule has 2 aromatic rings. The average Bonchev–Trinajstić information content (AvgIpc) is 3.03. The molecule has 0 saturated heterocycles. The predicted molar refractivity (Wildman–Crippen MR) is 88.3 cm³/mol. The molecule has 24 heavy (non-hydrogen) atoms. The van der Waals surface area contributed by atoms with Gasteiger partial charge in [0.2, 0.25) is 5.91 Å².